The summed E-state index contributed by atoms with van der Waals surface area (Å²) in [5, 5.41) is 11.0. The molecule has 0 aromatic heterocycles. The van der Waals surface area contributed by atoms with E-state index >= 15 is 0 Å². The van der Waals surface area contributed by atoms with Gasteiger partial charge in [0.2, 0.25) is 5.71 Å². The van der Waals surface area contributed by atoms with Gasteiger partial charge in [0.05, 0.1) is 16.7 Å². The molecule has 0 saturated heterocycles. The highest BCUT2D eigenvalue weighted by Gasteiger charge is 2.44. The Kier molecular flexibility index (Phi) is 4.83. The molecule has 1 atom stereocenters. The van der Waals surface area contributed by atoms with E-state index in [2.05, 4.69) is 51.1 Å². The first kappa shape index (κ1) is 19.9. The lowest BCUT2D eigenvalue weighted by atomic mass is 9.72. The average molecular weight is 407 g/mol. The van der Waals surface area contributed by atoms with Crippen LogP contribution in [0.25, 0.3) is 11.6 Å². The molecule has 2 heterocycles. The topological polar surface area (TPSA) is 32.5 Å². The highest BCUT2D eigenvalue weighted by molar-refractivity contribution is 6.26. The molecule has 1 aromatic rings. The van der Waals surface area contributed by atoms with E-state index < -0.39 is 0 Å². The minimum absolute atomic E-state index is 0.222. The summed E-state index contributed by atoms with van der Waals surface area (Å²) in [6.07, 6.45) is 19.9. The van der Waals surface area contributed by atoms with Crippen LogP contribution >= 0.6 is 0 Å². The van der Waals surface area contributed by atoms with Crippen molar-refractivity contribution in [2.45, 2.75) is 90.6 Å². The Labute approximate surface area is 181 Å². The van der Waals surface area contributed by atoms with Crippen LogP contribution < -0.4 is 4.74 Å². The Balaban J connectivity index is 1.40. The molecule has 4 aliphatic rings. The SMILES string of the molecule is CC1(CCCC2CCCCC2)C=C2C(=[N+](O)c3c2ccc2c3C=CC(C)(C)O2)CC1. The molecule has 2 aliphatic carbocycles. The van der Waals surface area contributed by atoms with E-state index in [-0.39, 0.29) is 11.0 Å². The van der Waals surface area contributed by atoms with Crippen LogP contribution in [0, 0.1) is 11.3 Å². The molecule has 0 spiro atoms. The van der Waals surface area contributed by atoms with Crippen LogP contribution in [0.5, 0.6) is 5.75 Å². The zero-order valence-corrected chi connectivity index (χ0v) is 18.8. The molecular formula is C27H36NO2+. The van der Waals surface area contributed by atoms with E-state index in [1.807, 2.05) is 0 Å². The van der Waals surface area contributed by atoms with E-state index in [1.165, 1.54) is 61.7 Å². The minimum atomic E-state index is -0.309. The van der Waals surface area contributed by atoms with Gasteiger partial charge in [-0.25, -0.2) is 0 Å². The molecule has 1 saturated carbocycles. The van der Waals surface area contributed by atoms with E-state index in [9.17, 15) is 5.21 Å². The van der Waals surface area contributed by atoms with Crippen LogP contribution in [0.15, 0.2) is 24.3 Å². The van der Waals surface area contributed by atoms with Gasteiger partial charge in [0.15, 0.2) is 0 Å². The van der Waals surface area contributed by atoms with Gasteiger partial charge >= 0.3 is 0 Å². The Morgan fingerprint density at radius 2 is 1.93 bits per heavy atom. The van der Waals surface area contributed by atoms with Crippen molar-refractivity contribution in [3.05, 3.63) is 35.4 Å². The summed E-state index contributed by atoms with van der Waals surface area (Å²) in [5.74, 6) is 1.82. The second kappa shape index (κ2) is 7.28. The smallest absolute Gasteiger partial charge is 0.276 e. The van der Waals surface area contributed by atoms with Crippen LogP contribution in [0.1, 0.15) is 96.1 Å². The number of hydrogen-bond acceptors (Lipinski definition) is 2. The molecule has 3 nitrogen and oxygen atoms in total. The molecule has 1 N–H and O–H groups in total. The minimum Gasteiger partial charge on any atom is -0.483 e. The maximum Gasteiger partial charge on any atom is 0.276 e. The van der Waals surface area contributed by atoms with Gasteiger partial charge in [-0.3, -0.25) is 5.21 Å². The summed E-state index contributed by atoms with van der Waals surface area (Å²) in [6, 6.07) is 4.21. The van der Waals surface area contributed by atoms with Crippen LogP contribution in [0.2, 0.25) is 0 Å². The molecular weight excluding hydrogens is 370 g/mol. The molecule has 3 heteroatoms. The van der Waals surface area contributed by atoms with E-state index in [4.69, 9.17) is 4.74 Å². The van der Waals surface area contributed by atoms with Gasteiger partial charge in [-0.05, 0) is 62.3 Å². The third kappa shape index (κ3) is 3.50. The molecule has 0 bridgehead atoms. The molecule has 1 aromatic carbocycles. The summed E-state index contributed by atoms with van der Waals surface area (Å²) in [4.78, 5) is 0. The predicted octanol–water partition coefficient (Wildman–Crippen LogP) is 7.29. The van der Waals surface area contributed by atoms with Gasteiger partial charge in [0, 0.05) is 11.2 Å². The highest BCUT2D eigenvalue weighted by atomic mass is 16.5. The zero-order chi connectivity index (χ0) is 20.9. The Hall–Kier alpha value is -2.03. The lowest BCUT2D eigenvalue weighted by molar-refractivity contribution is -0.711. The van der Waals surface area contributed by atoms with Gasteiger partial charge < -0.3 is 4.74 Å². The molecule has 160 valence electrons. The van der Waals surface area contributed by atoms with Crippen LogP contribution in [-0.2, 0) is 0 Å². The number of hydrogen-bond donors (Lipinski definition) is 1. The molecule has 0 amide bonds. The molecule has 2 aliphatic heterocycles. The molecule has 0 radical (unpaired) electrons. The monoisotopic (exact) mass is 406 g/mol. The van der Waals surface area contributed by atoms with E-state index in [0.717, 1.165) is 47.0 Å². The van der Waals surface area contributed by atoms with E-state index in [1.54, 1.807) is 0 Å². The van der Waals surface area contributed by atoms with Crippen molar-refractivity contribution >= 4 is 23.0 Å². The summed E-state index contributed by atoms with van der Waals surface area (Å²) in [5.41, 5.74) is 5.25. The summed E-state index contributed by atoms with van der Waals surface area (Å²) >= 11 is 0. The van der Waals surface area contributed by atoms with Crippen molar-refractivity contribution in [2.75, 3.05) is 0 Å². The number of benzene rings is 1. The van der Waals surface area contributed by atoms with Gasteiger partial charge in [0.1, 0.15) is 11.4 Å². The normalized spacial score (nSPS) is 27.2. The Morgan fingerprint density at radius 3 is 2.73 bits per heavy atom. The predicted molar refractivity (Wildman–Crippen MR) is 123 cm³/mol. The summed E-state index contributed by atoms with van der Waals surface area (Å²) < 4.78 is 7.58. The lowest BCUT2D eigenvalue weighted by Gasteiger charge is -2.31. The number of nitrogens with zero attached hydrogens (tertiary/aromatic N) is 1. The second-order valence-corrected chi connectivity index (χ2v) is 10.8. The maximum atomic E-state index is 11.0. The van der Waals surface area contributed by atoms with Gasteiger partial charge in [-0.2, -0.15) is 0 Å². The van der Waals surface area contributed by atoms with Crippen molar-refractivity contribution in [3.8, 4) is 5.75 Å². The third-order valence-electron chi connectivity index (χ3n) is 7.78. The van der Waals surface area contributed by atoms with Gasteiger partial charge in [-0.15, -0.1) is 0 Å². The van der Waals surface area contributed by atoms with E-state index in [0.29, 0.717) is 0 Å². The lowest BCUT2D eigenvalue weighted by Crippen LogP contribution is -2.27. The third-order valence-corrected chi connectivity index (χ3v) is 7.78. The van der Waals surface area contributed by atoms with Crippen molar-refractivity contribution in [1.82, 2.24) is 0 Å². The summed E-state index contributed by atoms with van der Waals surface area (Å²) in [6.45, 7) is 6.54. The van der Waals surface area contributed by atoms with Crippen molar-refractivity contribution in [1.29, 1.82) is 0 Å². The molecule has 1 unspecified atom stereocenters. The largest absolute Gasteiger partial charge is 0.483 e. The average Bonchev–Trinajstić information content (AvgIpc) is 2.99. The number of ether oxygens (including phenoxy) is 1. The first-order valence-corrected chi connectivity index (χ1v) is 12.0. The van der Waals surface area contributed by atoms with Crippen molar-refractivity contribution < 1.29 is 14.7 Å². The number of rotatable bonds is 4. The van der Waals surface area contributed by atoms with Gasteiger partial charge in [0.25, 0.3) is 5.69 Å². The van der Waals surface area contributed by atoms with Crippen LogP contribution in [0.3, 0.4) is 0 Å². The van der Waals surface area contributed by atoms with Crippen molar-refractivity contribution in [2.24, 2.45) is 11.3 Å². The van der Waals surface area contributed by atoms with Gasteiger partial charge in [-0.1, -0.05) is 57.9 Å². The fourth-order valence-corrected chi connectivity index (χ4v) is 5.98. The molecule has 30 heavy (non-hydrogen) atoms. The molecule has 5 rings (SSSR count). The summed E-state index contributed by atoms with van der Waals surface area (Å²) in [7, 11) is 0. The highest BCUT2D eigenvalue weighted by Crippen LogP contribution is 2.49. The Bertz CT molecular complexity index is 946. The second-order valence-electron chi connectivity index (χ2n) is 10.8. The first-order chi connectivity index (χ1) is 14.4. The quantitative estimate of drug-likeness (QED) is 0.420. The fourth-order valence-electron chi connectivity index (χ4n) is 5.98. The number of allylic oxidation sites excluding steroid dienone is 2. The Morgan fingerprint density at radius 1 is 1.13 bits per heavy atom. The standard InChI is InChI=1S/C27H36NO2/c1-26(2)16-13-21-24(30-26)12-11-20-22-18-27(3,17-14-23(22)28(29)25(20)21)15-7-10-19-8-5-4-6-9-19/h11-13,16,18-19,29H,4-10,14-15,17H2,1-3H3/q+1. The number of fused-ring (bicyclic) bond motifs is 5. The van der Waals surface area contributed by atoms with Crippen LogP contribution in [0.4, 0.5) is 5.69 Å². The van der Waals surface area contributed by atoms with Crippen molar-refractivity contribution in [3.63, 3.8) is 0 Å². The maximum absolute atomic E-state index is 11.0. The van der Waals surface area contributed by atoms with Crippen LogP contribution in [-0.4, -0.2) is 21.3 Å². The zero-order valence-electron chi connectivity index (χ0n) is 18.8. The fraction of sp³-hybridized carbons (Fsp3) is 0.593. The first-order valence-electron chi connectivity index (χ1n) is 12.0. The molecule has 1 fully saturated rings.